The maximum atomic E-state index is 12.0. The van der Waals surface area contributed by atoms with Crippen molar-refractivity contribution in [2.75, 3.05) is 0 Å². The van der Waals surface area contributed by atoms with Crippen LogP contribution in [0, 0.1) is 0 Å². The molecular weight excluding hydrogens is 270 g/mol. The van der Waals surface area contributed by atoms with Crippen LogP contribution in [0.5, 0.6) is 0 Å². The predicted octanol–water partition coefficient (Wildman–Crippen LogP) is 1.29. The maximum Gasteiger partial charge on any atom is 0.351 e. The number of benzene rings is 1. The van der Waals surface area contributed by atoms with E-state index >= 15 is 0 Å². The van der Waals surface area contributed by atoms with Gasteiger partial charge in [-0.15, -0.1) is 5.10 Å². The highest BCUT2D eigenvalue weighted by atomic mass is 35.5. The SMILES string of the molecule is CC(=O)OCc1ccccc1-n1c(Cl)nn(C)c1=O. The van der Waals surface area contributed by atoms with Crippen molar-refractivity contribution in [2.45, 2.75) is 13.5 Å². The first-order valence-electron chi connectivity index (χ1n) is 5.54. The van der Waals surface area contributed by atoms with E-state index in [-0.39, 0.29) is 23.5 Å². The van der Waals surface area contributed by atoms with Gasteiger partial charge in [0.15, 0.2) is 0 Å². The Kier molecular flexibility index (Phi) is 3.71. The second-order valence-corrected chi connectivity index (χ2v) is 4.26. The second kappa shape index (κ2) is 5.27. The summed E-state index contributed by atoms with van der Waals surface area (Å²) in [7, 11) is 1.51. The first-order chi connectivity index (χ1) is 9.00. The first-order valence-corrected chi connectivity index (χ1v) is 5.91. The molecule has 6 nitrogen and oxygen atoms in total. The minimum atomic E-state index is -0.389. The Morgan fingerprint density at radius 1 is 1.42 bits per heavy atom. The number of aryl methyl sites for hydroxylation is 1. The zero-order chi connectivity index (χ0) is 14.0. The Labute approximate surface area is 114 Å². The van der Waals surface area contributed by atoms with Gasteiger partial charge in [-0.1, -0.05) is 18.2 Å². The van der Waals surface area contributed by atoms with Gasteiger partial charge >= 0.3 is 11.7 Å². The van der Waals surface area contributed by atoms with Crippen LogP contribution in [-0.2, 0) is 23.2 Å². The van der Waals surface area contributed by atoms with Crippen LogP contribution in [0.25, 0.3) is 5.69 Å². The average molecular weight is 282 g/mol. The fourth-order valence-electron chi connectivity index (χ4n) is 1.67. The van der Waals surface area contributed by atoms with Gasteiger partial charge in [0.25, 0.3) is 0 Å². The summed E-state index contributed by atoms with van der Waals surface area (Å²) in [5, 5.41) is 3.91. The highest BCUT2D eigenvalue weighted by molar-refractivity contribution is 6.28. The van der Waals surface area contributed by atoms with Gasteiger partial charge in [0.1, 0.15) is 6.61 Å². The molecule has 7 heteroatoms. The number of hydrogen-bond acceptors (Lipinski definition) is 4. The molecule has 0 atom stereocenters. The molecule has 19 heavy (non-hydrogen) atoms. The van der Waals surface area contributed by atoms with Gasteiger partial charge in [-0.3, -0.25) is 4.79 Å². The molecule has 0 radical (unpaired) electrons. The zero-order valence-electron chi connectivity index (χ0n) is 10.5. The number of esters is 1. The lowest BCUT2D eigenvalue weighted by Crippen LogP contribution is -2.22. The van der Waals surface area contributed by atoms with Crippen LogP contribution in [0.4, 0.5) is 0 Å². The summed E-state index contributed by atoms with van der Waals surface area (Å²) in [5.41, 5.74) is 0.863. The van der Waals surface area contributed by atoms with Crippen molar-refractivity contribution in [2.24, 2.45) is 7.05 Å². The third-order valence-electron chi connectivity index (χ3n) is 2.55. The molecule has 0 unspecified atom stereocenters. The van der Waals surface area contributed by atoms with E-state index in [9.17, 15) is 9.59 Å². The highest BCUT2D eigenvalue weighted by Gasteiger charge is 2.14. The lowest BCUT2D eigenvalue weighted by atomic mass is 10.2. The normalized spacial score (nSPS) is 10.5. The highest BCUT2D eigenvalue weighted by Crippen LogP contribution is 2.17. The van der Waals surface area contributed by atoms with Gasteiger partial charge in [-0.05, 0) is 17.7 Å². The van der Waals surface area contributed by atoms with Gasteiger partial charge in [-0.2, -0.15) is 0 Å². The lowest BCUT2D eigenvalue weighted by molar-refractivity contribution is -0.142. The quantitative estimate of drug-likeness (QED) is 0.795. The van der Waals surface area contributed by atoms with Crippen molar-refractivity contribution in [1.82, 2.24) is 14.3 Å². The van der Waals surface area contributed by atoms with E-state index in [2.05, 4.69) is 5.10 Å². The number of para-hydroxylation sites is 1. The van der Waals surface area contributed by atoms with E-state index in [0.29, 0.717) is 11.3 Å². The van der Waals surface area contributed by atoms with E-state index in [1.807, 2.05) is 0 Å². The number of hydrogen-bond donors (Lipinski definition) is 0. The fraction of sp³-hybridized carbons (Fsp3) is 0.250. The number of rotatable bonds is 3. The summed E-state index contributed by atoms with van der Waals surface area (Å²) in [6.07, 6.45) is 0. The molecule has 0 spiro atoms. The largest absolute Gasteiger partial charge is 0.461 e. The van der Waals surface area contributed by atoms with Crippen LogP contribution >= 0.6 is 11.6 Å². The standard InChI is InChI=1S/C12H12ClN3O3/c1-8(17)19-7-9-5-3-4-6-10(9)16-11(13)14-15(2)12(16)18/h3-6H,7H2,1-2H3. The molecular formula is C12H12ClN3O3. The van der Waals surface area contributed by atoms with Crippen LogP contribution in [0.15, 0.2) is 29.1 Å². The molecule has 1 aromatic carbocycles. The third kappa shape index (κ3) is 2.68. The molecule has 2 rings (SSSR count). The fourth-order valence-corrected chi connectivity index (χ4v) is 1.94. The number of aromatic nitrogens is 3. The van der Waals surface area contributed by atoms with Crippen LogP contribution in [0.2, 0.25) is 5.28 Å². The summed E-state index contributed by atoms with van der Waals surface area (Å²) >= 11 is 5.94. The van der Waals surface area contributed by atoms with Crippen LogP contribution < -0.4 is 5.69 Å². The summed E-state index contributed by atoms with van der Waals surface area (Å²) in [4.78, 5) is 22.8. The van der Waals surface area contributed by atoms with Crippen molar-refractivity contribution in [3.63, 3.8) is 0 Å². The zero-order valence-corrected chi connectivity index (χ0v) is 11.2. The maximum absolute atomic E-state index is 12.0. The van der Waals surface area contributed by atoms with Crippen molar-refractivity contribution in [3.8, 4) is 5.69 Å². The lowest BCUT2D eigenvalue weighted by Gasteiger charge is -2.09. The van der Waals surface area contributed by atoms with E-state index < -0.39 is 0 Å². The molecule has 0 saturated carbocycles. The Balaban J connectivity index is 2.50. The van der Waals surface area contributed by atoms with E-state index in [1.165, 1.54) is 18.5 Å². The number of carbonyl (C=O) groups is 1. The van der Waals surface area contributed by atoms with E-state index in [0.717, 1.165) is 4.68 Å². The minimum absolute atomic E-state index is 0.0581. The minimum Gasteiger partial charge on any atom is -0.461 e. The van der Waals surface area contributed by atoms with E-state index in [4.69, 9.17) is 16.3 Å². The van der Waals surface area contributed by atoms with Crippen LogP contribution in [-0.4, -0.2) is 20.3 Å². The second-order valence-electron chi connectivity index (χ2n) is 3.92. The molecule has 1 heterocycles. The number of ether oxygens (including phenoxy) is 1. The molecule has 0 aliphatic carbocycles. The summed E-state index contributed by atoms with van der Waals surface area (Å²) in [6, 6.07) is 7.03. The van der Waals surface area contributed by atoms with Crippen molar-refractivity contribution in [3.05, 3.63) is 45.6 Å². The number of nitrogens with zero attached hydrogens (tertiary/aromatic N) is 3. The summed E-state index contributed by atoms with van der Waals surface area (Å²) < 4.78 is 7.36. The van der Waals surface area contributed by atoms with Gasteiger partial charge in [0, 0.05) is 19.5 Å². The Bertz CT molecular complexity index is 675. The van der Waals surface area contributed by atoms with Gasteiger partial charge < -0.3 is 4.74 Å². The predicted molar refractivity (Wildman–Crippen MR) is 69.3 cm³/mol. The smallest absolute Gasteiger partial charge is 0.351 e. The Morgan fingerprint density at radius 3 is 2.68 bits per heavy atom. The summed E-state index contributed by atoms with van der Waals surface area (Å²) in [5.74, 6) is -0.389. The van der Waals surface area contributed by atoms with Crippen LogP contribution in [0.3, 0.4) is 0 Å². The van der Waals surface area contributed by atoms with Gasteiger partial charge in [0.05, 0.1) is 5.69 Å². The monoisotopic (exact) mass is 281 g/mol. The van der Waals surface area contributed by atoms with E-state index in [1.54, 1.807) is 24.3 Å². The number of halogens is 1. The molecule has 0 saturated heterocycles. The first kappa shape index (κ1) is 13.4. The number of carbonyl (C=O) groups excluding carboxylic acids is 1. The van der Waals surface area contributed by atoms with Gasteiger partial charge in [0.2, 0.25) is 5.28 Å². The topological polar surface area (TPSA) is 66.1 Å². The molecule has 0 aliphatic rings. The van der Waals surface area contributed by atoms with Crippen molar-refractivity contribution in [1.29, 1.82) is 0 Å². The Hall–Kier alpha value is -2.08. The molecule has 0 aliphatic heterocycles. The van der Waals surface area contributed by atoms with Crippen molar-refractivity contribution >= 4 is 17.6 Å². The molecule has 0 N–H and O–H groups in total. The average Bonchev–Trinajstić information content (AvgIpc) is 2.61. The van der Waals surface area contributed by atoms with Gasteiger partial charge in [-0.25, -0.2) is 14.0 Å². The molecule has 0 bridgehead atoms. The molecule has 1 aromatic heterocycles. The van der Waals surface area contributed by atoms with Crippen LogP contribution in [0.1, 0.15) is 12.5 Å². The Morgan fingerprint density at radius 2 is 2.11 bits per heavy atom. The molecule has 2 aromatic rings. The molecule has 100 valence electrons. The summed E-state index contributed by atoms with van der Waals surface area (Å²) in [6.45, 7) is 1.40. The molecule has 0 fully saturated rings. The molecule has 0 amide bonds. The van der Waals surface area contributed by atoms with Crippen molar-refractivity contribution < 1.29 is 9.53 Å². The third-order valence-corrected chi connectivity index (χ3v) is 2.79.